The van der Waals surface area contributed by atoms with Crippen LogP contribution >= 0.6 is 11.3 Å². The molecule has 0 atom stereocenters. The average Bonchev–Trinajstić information content (AvgIpc) is 3.11. The molecule has 5 nitrogen and oxygen atoms in total. The zero-order chi connectivity index (χ0) is 18.2. The number of nitrogens with zero attached hydrogens (tertiary/aromatic N) is 1. The molecule has 0 bridgehead atoms. The summed E-state index contributed by atoms with van der Waals surface area (Å²) in [6.07, 6.45) is 0. The maximum atomic E-state index is 12.4. The first-order valence-electron chi connectivity index (χ1n) is 7.62. The Morgan fingerprint density at radius 2 is 1.96 bits per heavy atom. The molecule has 1 N–H and O–H groups in total. The first-order chi connectivity index (χ1) is 12.0. The van der Waals surface area contributed by atoms with E-state index in [1.165, 1.54) is 40.5 Å². The summed E-state index contributed by atoms with van der Waals surface area (Å²) in [6.45, 7) is -0.460. The summed E-state index contributed by atoms with van der Waals surface area (Å²) in [6, 6.07) is 9.19. The third-order valence-corrected chi connectivity index (χ3v) is 4.25. The number of nitrogens with one attached hydrogen (secondary N) is 1. The molecule has 0 saturated heterocycles. The Kier molecular flexibility index (Phi) is 6.88. The summed E-state index contributed by atoms with van der Waals surface area (Å²) in [5.41, 5.74) is 0.300. The number of benzene rings is 1. The molecule has 0 aliphatic rings. The predicted octanol–water partition coefficient (Wildman–Crippen LogP) is 3.13. The van der Waals surface area contributed by atoms with E-state index in [0.717, 1.165) is 4.88 Å². The third kappa shape index (κ3) is 5.82. The molecule has 0 aliphatic carbocycles. The largest absolute Gasteiger partial charge is 0.435 e. The van der Waals surface area contributed by atoms with Crippen molar-refractivity contribution in [1.29, 1.82) is 0 Å². The summed E-state index contributed by atoms with van der Waals surface area (Å²) in [5.74, 6) is -0.637. The molecular formula is C17H18F2N2O3S. The van der Waals surface area contributed by atoms with E-state index in [4.69, 9.17) is 0 Å². The Balaban J connectivity index is 1.92. The molecule has 0 aliphatic heterocycles. The van der Waals surface area contributed by atoms with Gasteiger partial charge in [-0.15, -0.1) is 11.3 Å². The molecule has 2 rings (SSSR count). The number of thiophene rings is 1. The molecule has 1 heterocycles. The number of likely N-dealkylation sites (N-methyl/N-ethyl adjacent to an activating group) is 1. The van der Waals surface area contributed by atoms with E-state index in [1.54, 1.807) is 6.92 Å². The van der Waals surface area contributed by atoms with Gasteiger partial charge >= 0.3 is 6.61 Å². The van der Waals surface area contributed by atoms with Crippen LogP contribution in [0.1, 0.15) is 22.2 Å². The first kappa shape index (κ1) is 18.9. The Morgan fingerprint density at radius 3 is 2.52 bits per heavy atom. The van der Waals surface area contributed by atoms with Crippen LogP contribution in [0.25, 0.3) is 0 Å². The van der Waals surface area contributed by atoms with E-state index in [-0.39, 0.29) is 24.1 Å². The lowest BCUT2D eigenvalue weighted by atomic mass is 10.2. The van der Waals surface area contributed by atoms with Crippen molar-refractivity contribution in [2.45, 2.75) is 20.1 Å². The fraction of sp³-hybridized carbons (Fsp3) is 0.294. The van der Waals surface area contributed by atoms with Crippen molar-refractivity contribution in [2.75, 3.05) is 13.1 Å². The van der Waals surface area contributed by atoms with Gasteiger partial charge in [-0.2, -0.15) is 8.78 Å². The maximum absolute atomic E-state index is 12.4. The van der Waals surface area contributed by atoms with Crippen molar-refractivity contribution in [3.8, 4) is 5.75 Å². The van der Waals surface area contributed by atoms with Crippen molar-refractivity contribution in [3.63, 3.8) is 0 Å². The van der Waals surface area contributed by atoms with Gasteiger partial charge in [0.25, 0.3) is 5.91 Å². The Labute approximate surface area is 148 Å². The summed E-state index contributed by atoms with van der Waals surface area (Å²) < 4.78 is 28.5. The molecule has 134 valence electrons. The van der Waals surface area contributed by atoms with Gasteiger partial charge in [0.05, 0.1) is 13.1 Å². The minimum absolute atomic E-state index is 0.0247. The van der Waals surface area contributed by atoms with E-state index < -0.39 is 6.61 Å². The van der Waals surface area contributed by atoms with E-state index in [2.05, 4.69) is 10.1 Å². The van der Waals surface area contributed by atoms with E-state index in [1.807, 2.05) is 17.5 Å². The number of carbonyl (C=O) groups excluding carboxylic acids is 2. The summed E-state index contributed by atoms with van der Waals surface area (Å²) >= 11 is 1.54. The zero-order valence-corrected chi connectivity index (χ0v) is 14.4. The molecular weight excluding hydrogens is 350 g/mol. The molecule has 0 saturated carbocycles. The predicted molar refractivity (Wildman–Crippen MR) is 90.8 cm³/mol. The van der Waals surface area contributed by atoms with Crippen molar-refractivity contribution in [2.24, 2.45) is 0 Å². The highest BCUT2D eigenvalue weighted by molar-refractivity contribution is 7.09. The lowest BCUT2D eigenvalue weighted by Crippen LogP contribution is -2.40. The van der Waals surface area contributed by atoms with Crippen LogP contribution in [0.5, 0.6) is 5.75 Å². The molecule has 0 fully saturated rings. The minimum Gasteiger partial charge on any atom is -0.435 e. The van der Waals surface area contributed by atoms with E-state index in [0.29, 0.717) is 18.7 Å². The highest BCUT2D eigenvalue weighted by Crippen LogP contribution is 2.16. The first-order valence-corrected chi connectivity index (χ1v) is 8.50. The normalized spacial score (nSPS) is 10.6. The van der Waals surface area contributed by atoms with Gasteiger partial charge < -0.3 is 15.0 Å². The molecule has 0 spiro atoms. The molecule has 25 heavy (non-hydrogen) atoms. The van der Waals surface area contributed by atoms with Crippen molar-refractivity contribution < 1.29 is 23.1 Å². The number of ether oxygens (including phenoxy) is 1. The Hall–Kier alpha value is -2.48. The van der Waals surface area contributed by atoms with Gasteiger partial charge in [-0.1, -0.05) is 6.07 Å². The van der Waals surface area contributed by atoms with Gasteiger partial charge in [0.15, 0.2) is 0 Å². The number of hydrogen-bond acceptors (Lipinski definition) is 4. The van der Waals surface area contributed by atoms with E-state index in [9.17, 15) is 18.4 Å². The molecule has 0 radical (unpaired) electrons. The molecule has 1 aromatic carbocycles. The number of carbonyl (C=O) groups is 2. The molecule has 2 amide bonds. The van der Waals surface area contributed by atoms with Crippen molar-refractivity contribution in [3.05, 3.63) is 52.2 Å². The highest BCUT2D eigenvalue weighted by Gasteiger charge is 2.17. The molecule has 0 unspecified atom stereocenters. The van der Waals surface area contributed by atoms with Gasteiger partial charge in [0, 0.05) is 17.0 Å². The smallest absolute Gasteiger partial charge is 0.387 e. The van der Waals surface area contributed by atoms with Crippen LogP contribution in [-0.4, -0.2) is 36.4 Å². The maximum Gasteiger partial charge on any atom is 0.387 e. The van der Waals surface area contributed by atoms with Gasteiger partial charge in [0.1, 0.15) is 5.75 Å². The molecule has 8 heteroatoms. The summed E-state index contributed by atoms with van der Waals surface area (Å²) in [5, 5.41) is 4.68. The second-order valence-corrected chi connectivity index (χ2v) is 6.11. The van der Waals surface area contributed by atoms with Crippen molar-refractivity contribution in [1.82, 2.24) is 10.2 Å². The summed E-state index contributed by atoms with van der Waals surface area (Å²) in [4.78, 5) is 26.9. The van der Waals surface area contributed by atoms with Crippen LogP contribution in [-0.2, 0) is 11.3 Å². The summed E-state index contributed by atoms with van der Waals surface area (Å²) in [7, 11) is 0. The second-order valence-electron chi connectivity index (χ2n) is 5.08. The van der Waals surface area contributed by atoms with Crippen LogP contribution in [0, 0.1) is 0 Å². The highest BCUT2D eigenvalue weighted by atomic mass is 32.1. The van der Waals surface area contributed by atoms with E-state index >= 15 is 0 Å². The number of halogens is 2. The topological polar surface area (TPSA) is 58.6 Å². The standard InChI is InChI=1S/C17H18F2N2O3S/c1-2-21(11-15(22)20-10-14-4-3-9-25-14)16(23)12-5-7-13(8-6-12)24-17(18)19/h3-9,17H,2,10-11H2,1H3,(H,20,22). The number of hydrogen-bond donors (Lipinski definition) is 1. The fourth-order valence-corrected chi connectivity index (χ4v) is 2.76. The minimum atomic E-state index is -2.92. The van der Waals surface area contributed by atoms with Gasteiger partial charge in [-0.05, 0) is 42.6 Å². The fourth-order valence-electron chi connectivity index (χ4n) is 2.12. The molecule has 1 aromatic heterocycles. The van der Waals surface area contributed by atoms with Gasteiger partial charge in [-0.3, -0.25) is 9.59 Å². The van der Waals surface area contributed by atoms with Gasteiger partial charge in [0.2, 0.25) is 5.91 Å². The van der Waals surface area contributed by atoms with Gasteiger partial charge in [-0.25, -0.2) is 0 Å². The van der Waals surface area contributed by atoms with Crippen molar-refractivity contribution >= 4 is 23.2 Å². The molecule has 2 aromatic rings. The number of rotatable bonds is 8. The Bertz CT molecular complexity index is 690. The number of amides is 2. The average molecular weight is 368 g/mol. The lowest BCUT2D eigenvalue weighted by molar-refractivity contribution is -0.121. The van der Waals surface area contributed by atoms with Crippen LogP contribution in [0.2, 0.25) is 0 Å². The Morgan fingerprint density at radius 1 is 1.24 bits per heavy atom. The lowest BCUT2D eigenvalue weighted by Gasteiger charge is -2.20. The monoisotopic (exact) mass is 368 g/mol. The SMILES string of the molecule is CCN(CC(=O)NCc1cccs1)C(=O)c1ccc(OC(F)F)cc1. The van der Waals surface area contributed by atoms with Crippen LogP contribution in [0.15, 0.2) is 41.8 Å². The number of alkyl halides is 2. The second kappa shape index (κ2) is 9.12. The van der Waals surface area contributed by atoms with Crippen LogP contribution in [0.4, 0.5) is 8.78 Å². The zero-order valence-electron chi connectivity index (χ0n) is 13.6. The quantitative estimate of drug-likeness (QED) is 0.779. The van der Waals surface area contributed by atoms with Crippen LogP contribution in [0.3, 0.4) is 0 Å². The third-order valence-electron chi connectivity index (χ3n) is 3.37. The van der Waals surface area contributed by atoms with Crippen LogP contribution < -0.4 is 10.1 Å².